The number of halogens is 1. The van der Waals surface area contributed by atoms with Gasteiger partial charge in [-0.15, -0.1) is 11.3 Å². The molecule has 31 heavy (non-hydrogen) atoms. The second-order valence-electron chi connectivity index (χ2n) is 7.00. The Morgan fingerprint density at radius 1 is 1.16 bits per heavy atom. The predicted octanol–water partition coefficient (Wildman–Crippen LogP) is 4.41. The number of benzene rings is 2. The van der Waals surface area contributed by atoms with E-state index < -0.39 is 0 Å². The molecule has 8 heteroatoms. The Kier molecular flexibility index (Phi) is 6.06. The quantitative estimate of drug-likeness (QED) is 0.469. The Balaban J connectivity index is 1.62. The van der Waals surface area contributed by atoms with Gasteiger partial charge < -0.3 is 10.1 Å². The fraction of sp³-hybridized carbons (Fsp3) is 0.174. The summed E-state index contributed by atoms with van der Waals surface area (Å²) >= 11 is 7.45. The number of amides is 1. The van der Waals surface area contributed by atoms with Crippen LogP contribution in [0.15, 0.2) is 59.7 Å². The summed E-state index contributed by atoms with van der Waals surface area (Å²) in [4.78, 5) is 31.4. The zero-order valence-electron chi connectivity index (χ0n) is 17.0. The van der Waals surface area contributed by atoms with Gasteiger partial charge in [-0.05, 0) is 30.2 Å². The number of carbonyl (C=O) groups excluding carboxylic acids is 1. The van der Waals surface area contributed by atoms with E-state index in [2.05, 4.69) is 10.3 Å². The maximum Gasteiger partial charge on any atom is 0.262 e. The van der Waals surface area contributed by atoms with Gasteiger partial charge in [0.25, 0.3) is 11.5 Å². The molecule has 0 aliphatic carbocycles. The molecule has 0 bridgehead atoms. The first-order chi connectivity index (χ1) is 15.0. The first-order valence-electron chi connectivity index (χ1n) is 9.61. The number of para-hydroxylation sites is 1. The maximum atomic E-state index is 13.1. The molecule has 4 aromatic rings. The SMILES string of the molecule is COc1ccccc1CNC(=O)c1sc2ncn(Cc3ccccc3Cl)c(=O)c2c1C. The van der Waals surface area contributed by atoms with Crippen LogP contribution < -0.4 is 15.6 Å². The third kappa shape index (κ3) is 4.19. The molecular weight excluding hydrogens is 434 g/mol. The molecule has 0 aliphatic rings. The van der Waals surface area contributed by atoms with E-state index in [1.54, 1.807) is 20.1 Å². The van der Waals surface area contributed by atoms with Gasteiger partial charge >= 0.3 is 0 Å². The Morgan fingerprint density at radius 2 is 1.87 bits per heavy atom. The molecule has 4 rings (SSSR count). The summed E-state index contributed by atoms with van der Waals surface area (Å²) < 4.78 is 6.84. The molecule has 0 aliphatic heterocycles. The lowest BCUT2D eigenvalue weighted by Gasteiger charge is -2.09. The summed E-state index contributed by atoms with van der Waals surface area (Å²) in [6.45, 7) is 2.41. The summed E-state index contributed by atoms with van der Waals surface area (Å²) in [5, 5.41) is 3.96. The molecule has 2 heterocycles. The van der Waals surface area contributed by atoms with Gasteiger partial charge in [0, 0.05) is 17.1 Å². The summed E-state index contributed by atoms with van der Waals surface area (Å²) in [5.41, 5.74) is 2.14. The Hall–Kier alpha value is -3.16. The van der Waals surface area contributed by atoms with Gasteiger partial charge in [0.1, 0.15) is 10.6 Å². The van der Waals surface area contributed by atoms with E-state index in [4.69, 9.17) is 16.3 Å². The number of hydrogen-bond acceptors (Lipinski definition) is 5. The molecule has 2 aromatic carbocycles. The molecule has 2 aromatic heterocycles. The molecule has 6 nitrogen and oxygen atoms in total. The van der Waals surface area contributed by atoms with Crippen LogP contribution in [0.4, 0.5) is 0 Å². The number of nitrogens with zero attached hydrogens (tertiary/aromatic N) is 2. The Bertz CT molecular complexity index is 1330. The fourth-order valence-electron chi connectivity index (χ4n) is 3.40. The van der Waals surface area contributed by atoms with Crippen molar-refractivity contribution in [3.63, 3.8) is 0 Å². The van der Waals surface area contributed by atoms with Crippen molar-refractivity contribution in [2.45, 2.75) is 20.0 Å². The number of fused-ring (bicyclic) bond motifs is 1. The average molecular weight is 454 g/mol. The Morgan fingerprint density at radius 3 is 2.61 bits per heavy atom. The summed E-state index contributed by atoms with van der Waals surface area (Å²) in [6, 6.07) is 14.9. The molecule has 0 radical (unpaired) electrons. The lowest BCUT2D eigenvalue weighted by atomic mass is 10.2. The van der Waals surface area contributed by atoms with Crippen LogP contribution in [0, 0.1) is 6.92 Å². The number of carbonyl (C=O) groups is 1. The van der Waals surface area contributed by atoms with Crippen LogP contribution in [0.2, 0.25) is 5.02 Å². The standard InChI is InChI=1S/C23H20ClN3O3S/c1-14-19-22(26-13-27(23(19)29)12-16-8-3-5-9-17(16)24)31-20(14)21(28)25-11-15-7-4-6-10-18(15)30-2/h3-10,13H,11-12H2,1-2H3,(H,25,28). The molecule has 0 atom stereocenters. The summed E-state index contributed by atoms with van der Waals surface area (Å²) in [7, 11) is 1.59. The topological polar surface area (TPSA) is 73.2 Å². The number of rotatable bonds is 6. The van der Waals surface area contributed by atoms with Gasteiger partial charge in [-0.25, -0.2) is 4.98 Å². The highest BCUT2D eigenvalue weighted by Gasteiger charge is 2.20. The van der Waals surface area contributed by atoms with Crippen molar-refractivity contribution in [2.24, 2.45) is 0 Å². The average Bonchev–Trinajstić information content (AvgIpc) is 3.12. The molecule has 158 valence electrons. The maximum absolute atomic E-state index is 13.1. The molecule has 0 fully saturated rings. The molecule has 0 saturated heterocycles. The first kappa shape index (κ1) is 21.1. The van der Waals surface area contributed by atoms with Crippen LogP contribution >= 0.6 is 22.9 Å². The fourth-order valence-corrected chi connectivity index (χ4v) is 4.65. The number of thiophene rings is 1. The highest BCUT2D eigenvalue weighted by atomic mass is 35.5. The highest BCUT2D eigenvalue weighted by molar-refractivity contribution is 7.20. The number of nitrogens with one attached hydrogen (secondary N) is 1. The van der Waals surface area contributed by atoms with Gasteiger partial charge in [-0.1, -0.05) is 48.0 Å². The van der Waals surface area contributed by atoms with Crippen LogP contribution in [0.25, 0.3) is 10.2 Å². The lowest BCUT2D eigenvalue weighted by molar-refractivity contribution is 0.0954. The normalized spacial score (nSPS) is 10.9. The predicted molar refractivity (Wildman–Crippen MR) is 123 cm³/mol. The van der Waals surface area contributed by atoms with Crippen molar-refractivity contribution in [3.05, 3.63) is 91.8 Å². The lowest BCUT2D eigenvalue weighted by Crippen LogP contribution is -2.23. The molecular formula is C23H20ClN3O3S. The second kappa shape index (κ2) is 8.91. The highest BCUT2D eigenvalue weighted by Crippen LogP contribution is 2.27. The van der Waals surface area contributed by atoms with Crippen molar-refractivity contribution in [1.82, 2.24) is 14.9 Å². The van der Waals surface area contributed by atoms with Crippen molar-refractivity contribution in [1.29, 1.82) is 0 Å². The van der Waals surface area contributed by atoms with Gasteiger partial charge in [0.05, 0.1) is 30.2 Å². The van der Waals surface area contributed by atoms with E-state index >= 15 is 0 Å². The van der Waals surface area contributed by atoms with Crippen LogP contribution in [0.5, 0.6) is 5.75 Å². The van der Waals surface area contributed by atoms with E-state index in [1.807, 2.05) is 42.5 Å². The van der Waals surface area contributed by atoms with Crippen molar-refractivity contribution in [3.8, 4) is 5.75 Å². The largest absolute Gasteiger partial charge is 0.496 e. The van der Waals surface area contributed by atoms with Crippen LogP contribution in [0.1, 0.15) is 26.4 Å². The molecule has 0 unspecified atom stereocenters. The van der Waals surface area contributed by atoms with E-state index in [-0.39, 0.29) is 11.5 Å². The van der Waals surface area contributed by atoms with Crippen LogP contribution in [-0.2, 0) is 13.1 Å². The number of methoxy groups -OCH3 is 1. The van der Waals surface area contributed by atoms with Crippen molar-refractivity contribution >= 4 is 39.1 Å². The van der Waals surface area contributed by atoms with Crippen molar-refractivity contribution < 1.29 is 9.53 Å². The van der Waals surface area contributed by atoms with Gasteiger partial charge in [0.15, 0.2) is 0 Å². The molecule has 1 N–H and O–H groups in total. The van der Waals surface area contributed by atoms with Gasteiger partial charge in [-0.3, -0.25) is 14.2 Å². The smallest absolute Gasteiger partial charge is 0.262 e. The van der Waals surface area contributed by atoms with Gasteiger partial charge in [-0.2, -0.15) is 0 Å². The minimum atomic E-state index is -0.247. The molecule has 0 spiro atoms. The van der Waals surface area contributed by atoms with Crippen molar-refractivity contribution in [2.75, 3.05) is 7.11 Å². The van der Waals surface area contributed by atoms with Crippen LogP contribution in [-0.4, -0.2) is 22.6 Å². The number of aryl methyl sites for hydroxylation is 1. The Labute approximate surface area is 188 Å². The monoisotopic (exact) mass is 453 g/mol. The second-order valence-corrected chi connectivity index (χ2v) is 8.41. The number of ether oxygens (including phenoxy) is 1. The minimum Gasteiger partial charge on any atom is -0.496 e. The first-order valence-corrected chi connectivity index (χ1v) is 10.8. The minimum absolute atomic E-state index is 0.192. The van der Waals surface area contributed by atoms with E-state index in [0.717, 1.165) is 11.1 Å². The number of hydrogen-bond donors (Lipinski definition) is 1. The number of aromatic nitrogens is 2. The molecule has 0 saturated carbocycles. The summed E-state index contributed by atoms with van der Waals surface area (Å²) in [6.07, 6.45) is 1.50. The zero-order valence-corrected chi connectivity index (χ0v) is 18.6. The zero-order chi connectivity index (χ0) is 22.0. The summed E-state index contributed by atoms with van der Waals surface area (Å²) in [5.74, 6) is 0.462. The van der Waals surface area contributed by atoms with Crippen LogP contribution in [0.3, 0.4) is 0 Å². The molecule has 1 amide bonds. The van der Waals surface area contributed by atoms with E-state index in [0.29, 0.717) is 44.5 Å². The third-order valence-corrected chi connectivity index (χ3v) is 6.62. The van der Waals surface area contributed by atoms with E-state index in [1.165, 1.54) is 22.2 Å². The third-order valence-electron chi connectivity index (χ3n) is 5.05. The van der Waals surface area contributed by atoms with Gasteiger partial charge in [0.2, 0.25) is 0 Å². The van der Waals surface area contributed by atoms with E-state index in [9.17, 15) is 9.59 Å².